The van der Waals surface area contributed by atoms with Gasteiger partial charge in [-0.25, -0.2) is 4.39 Å². The summed E-state index contributed by atoms with van der Waals surface area (Å²) in [7, 11) is 1.72. The minimum atomic E-state index is -0.479. The van der Waals surface area contributed by atoms with E-state index in [-0.39, 0.29) is 6.61 Å². The van der Waals surface area contributed by atoms with Gasteiger partial charge in [0.25, 0.3) is 0 Å². The predicted octanol–water partition coefficient (Wildman–Crippen LogP) is 4.58. The molecule has 0 fully saturated rings. The van der Waals surface area contributed by atoms with Crippen molar-refractivity contribution in [2.75, 3.05) is 33.5 Å². The van der Waals surface area contributed by atoms with Gasteiger partial charge < -0.3 is 9.47 Å². The summed E-state index contributed by atoms with van der Waals surface area (Å²) < 4.78 is 24.0. The van der Waals surface area contributed by atoms with E-state index in [0.29, 0.717) is 6.04 Å². The van der Waals surface area contributed by atoms with E-state index in [1.807, 2.05) is 12.1 Å². The third-order valence-electron chi connectivity index (χ3n) is 5.56. The molecule has 2 aliphatic rings. The van der Waals surface area contributed by atoms with Crippen LogP contribution in [0.5, 0.6) is 11.5 Å². The zero-order chi connectivity index (χ0) is 18.1. The van der Waals surface area contributed by atoms with E-state index in [2.05, 4.69) is 30.0 Å². The molecule has 0 spiro atoms. The smallest absolute Gasteiger partial charge is 0.127 e. The van der Waals surface area contributed by atoms with E-state index in [4.69, 9.17) is 9.47 Å². The molecule has 26 heavy (non-hydrogen) atoms. The fourth-order valence-electron chi connectivity index (χ4n) is 4.53. The molecule has 0 N–H and O–H groups in total. The van der Waals surface area contributed by atoms with Crippen LogP contribution < -0.4 is 9.47 Å². The Kier molecular flexibility index (Phi) is 4.86. The molecule has 0 radical (unpaired) electrons. The fourth-order valence-corrected chi connectivity index (χ4v) is 4.53. The molecular formula is C22H26FNO2. The molecule has 0 saturated heterocycles. The van der Waals surface area contributed by atoms with Crippen molar-refractivity contribution in [2.45, 2.75) is 32.2 Å². The number of ether oxygens (including phenoxy) is 2. The first kappa shape index (κ1) is 17.3. The number of halogens is 1. The Labute approximate surface area is 154 Å². The Bertz CT molecular complexity index is 805. The molecule has 0 amide bonds. The van der Waals surface area contributed by atoms with E-state index in [9.17, 15) is 4.39 Å². The largest absolute Gasteiger partial charge is 0.497 e. The second-order valence-corrected chi connectivity index (χ2v) is 7.08. The highest BCUT2D eigenvalue weighted by Crippen LogP contribution is 2.49. The van der Waals surface area contributed by atoms with E-state index < -0.39 is 6.67 Å². The first-order valence-corrected chi connectivity index (χ1v) is 9.52. The number of alkyl halides is 1. The van der Waals surface area contributed by atoms with Gasteiger partial charge in [-0.05, 0) is 66.3 Å². The van der Waals surface area contributed by atoms with Crippen molar-refractivity contribution in [1.82, 2.24) is 4.90 Å². The number of nitrogens with zero attached hydrogens (tertiary/aromatic N) is 1. The second kappa shape index (κ2) is 7.28. The number of fused-ring (bicyclic) bond motifs is 2. The van der Waals surface area contributed by atoms with Gasteiger partial charge in [0.15, 0.2) is 0 Å². The Morgan fingerprint density at radius 1 is 1.23 bits per heavy atom. The van der Waals surface area contributed by atoms with Crippen molar-refractivity contribution in [3.05, 3.63) is 47.0 Å². The van der Waals surface area contributed by atoms with Crippen LogP contribution in [0.25, 0.3) is 11.1 Å². The van der Waals surface area contributed by atoms with Crippen LogP contribution in [0.3, 0.4) is 0 Å². The maximum atomic E-state index is 12.7. The lowest BCUT2D eigenvalue weighted by molar-refractivity contribution is 0.182. The summed E-state index contributed by atoms with van der Waals surface area (Å²) in [6, 6.07) is 10.9. The molecule has 0 unspecified atom stereocenters. The van der Waals surface area contributed by atoms with Gasteiger partial charge in [-0.3, -0.25) is 4.90 Å². The molecule has 0 aromatic heterocycles. The highest BCUT2D eigenvalue weighted by molar-refractivity contribution is 5.81. The molecule has 0 bridgehead atoms. The Morgan fingerprint density at radius 3 is 2.88 bits per heavy atom. The number of rotatable bonds is 6. The molecule has 138 valence electrons. The monoisotopic (exact) mass is 355 g/mol. The highest BCUT2D eigenvalue weighted by atomic mass is 19.1. The summed E-state index contributed by atoms with van der Waals surface area (Å²) in [6.45, 7) is 4.05. The van der Waals surface area contributed by atoms with Crippen LogP contribution in [-0.4, -0.2) is 38.4 Å². The standard InChI is InChI=1S/C22H26FNO2/c1-3-9-24-10-7-16-12-17(25-2)14-18-21(16)19(24)13-15-5-4-6-20(22(15)18)26-11-8-23/h4-6,12,14,19H,3,7-11,13H2,1-2H3/t19-/m1/s1. The summed E-state index contributed by atoms with van der Waals surface area (Å²) in [5.74, 6) is 1.66. The lowest BCUT2D eigenvalue weighted by Gasteiger charge is -2.42. The molecule has 4 rings (SSSR count). The van der Waals surface area contributed by atoms with Gasteiger partial charge in [-0.2, -0.15) is 0 Å². The van der Waals surface area contributed by atoms with Gasteiger partial charge in [-0.15, -0.1) is 0 Å². The number of hydrogen-bond donors (Lipinski definition) is 0. The molecule has 4 heteroatoms. The second-order valence-electron chi connectivity index (χ2n) is 7.08. The van der Waals surface area contributed by atoms with Gasteiger partial charge in [0.1, 0.15) is 24.8 Å². The lowest BCUT2D eigenvalue weighted by Crippen LogP contribution is -2.38. The fraction of sp³-hybridized carbons (Fsp3) is 0.455. The van der Waals surface area contributed by atoms with Crippen LogP contribution in [0.2, 0.25) is 0 Å². The molecule has 3 nitrogen and oxygen atoms in total. The van der Waals surface area contributed by atoms with E-state index in [1.54, 1.807) is 7.11 Å². The van der Waals surface area contributed by atoms with Crippen molar-refractivity contribution in [1.29, 1.82) is 0 Å². The number of benzene rings is 2. The first-order chi connectivity index (χ1) is 12.8. The van der Waals surface area contributed by atoms with Gasteiger partial charge >= 0.3 is 0 Å². The molecule has 1 heterocycles. The summed E-state index contributed by atoms with van der Waals surface area (Å²) in [4.78, 5) is 2.61. The maximum Gasteiger partial charge on any atom is 0.127 e. The van der Waals surface area contributed by atoms with Gasteiger partial charge in [-0.1, -0.05) is 19.1 Å². The van der Waals surface area contributed by atoms with Gasteiger partial charge in [0.05, 0.1) is 7.11 Å². The lowest BCUT2D eigenvalue weighted by atomic mass is 9.76. The third kappa shape index (κ3) is 2.86. The van der Waals surface area contributed by atoms with Crippen molar-refractivity contribution in [2.24, 2.45) is 0 Å². The molecule has 2 aromatic rings. The van der Waals surface area contributed by atoms with Gasteiger partial charge in [0, 0.05) is 18.2 Å². The highest BCUT2D eigenvalue weighted by Gasteiger charge is 2.35. The Hall–Kier alpha value is -2.07. The summed E-state index contributed by atoms with van der Waals surface area (Å²) in [5.41, 5.74) is 6.38. The maximum absolute atomic E-state index is 12.7. The average molecular weight is 355 g/mol. The minimum Gasteiger partial charge on any atom is -0.497 e. The number of hydrogen-bond acceptors (Lipinski definition) is 3. The van der Waals surface area contributed by atoms with Crippen molar-refractivity contribution in [3.8, 4) is 22.6 Å². The van der Waals surface area contributed by atoms with Crippen LogP contribution in [-0.2, 0) is 12.8 Å². The first-order valence-electron chi connectivity index (χ1n) is 9.52. The normalized spacial score (nSPS) is 18.2. The molecule has 2 aromatic carbocycles. The molecule has 1 aliphatic heterocycles. The molecule has 1 atom stereocenters. The zero-order valence-electron chi connectivity index (χ0n) is 15.6. The van der Waals surface area contributed by atoms with Crippen LogP contribution in [0, 0.1) is 0 Å². The van der Waals surface area contributed by atoms with E-state index >= 15 is 0 Å². The van der Waals surface area contributed by atoms with Crippen LogP contribution >= 0.6 is 0 Å². The van der Waals surface area contributed by atoms with Crippen molar-refractivity contribution in [3.63, 3.8) is 0 Å². The summed E-state index contributed by atoms with van der Waals surface area (Å²) >= 11 is 0. The van der Waals surface area contributed by atoms with Crippen molar-refractivity contribution < 1.29 is 13.9 Å². The van der Waals surface area contributed by atoms with E-state index in [1.165, 1.54) is 22.3 Å². The molecule has 1 aliphatic carbocycles. The quantitative estimate of drug-likeness (QED) is 0.757. The topological polar surface area (TPSA) is 21.7 Å². The van der Waals surface area contributed by atoms with Crippen LogP contribution in [0.15, 0.2) is 30.3 Å². The van der Waals surface area contributed by atoms with E-state index in [0.717, 1.165) is 49.4 Å². The molecule has 0 saturated carbocycles. The van der Waals surface area contributed by atoms with Gasteiger partial charge in [0.2, 0.25) is 0 Å². The predicted molar refractivity (Wildman–Crippen MR) is 102 cm³/mol. The third-order valence-corrected chi connectivity index (χ3v) is 5.56. The summed E-state index contributed by atoms with van der Waals surface area (Å²) in [6.07, 6.45) is 3.18. The number of methoxy groups -OCH3 is 1. The Morgan fingerprint density at radius 2 is 2.12 bits per heavy atom. The van der Waals surface area contributed by atoms with Crippen molar-refractivity contribution >= 4 is 0 Å². The minimum absolute atomic E-state index is 0.0913. The SMILES string of the molecule is CCCN1CCc2cc(OC)cc3c2[C@H]1Cc1cccc(OCCF)c1-3. The average Bonchev–Trinajstić information content (AvgIpc) is 2.67. The van der Waals surface area contributed by atoms with Crippen LogP contribution in [0.1, 0.15) is 36.1 Å². The molecular weight excluding hydrogens is 329 g/mol. The summed E-state index contributed by atoms with van der Waals surface area (Å²) in [5, 5.41) is 0. The van der Waals surface area contributed by atoms with Crippen LogP contribution in [0.4, 0.5) is 4.39 Å². The zero-order valence-corrected chi connectivity index (χ0v) is 15.6. The Balaban J connectivity index is 1.89.